The maximum Gasteiger partial charge on any atom is 0.256 e. The number of furan rings is 1. The normalized spacial score (nSPS) is 14.9. The standard InChI is InChI=1S/C14H9ClFNO5/c15-7-5-6(1-2-8(7)16)13-11(20)12(21)14(22-13)17-9(18)3-4-10(17)19/h1-2,5,20-21H,3-4H2. The first kappa shape index (κ1) is 14.4. The number of anilines is 1. The molecule has 1 saturated heterocycles. The predicted octanol–water partition coefficient (Wildman–Crippen LogP) is 2.80. The molecule has 1 aromatic carbocycles. The zero-order chi connectivity index (χ0) is 16.0. The van der Waals surface area contributed by atoms with Crippen molar-refractivity contribution in [1.82, 2.24) is 0 Å². The number of hydrogen-bond acceptors (Lipinski definition) is 5. The van der Waals surface area contributed by atoms with Crippen molar-refractivity contribution in [2.45, 2.75) is 12.8 Å². The molecule has 0 spiro atoms. The molecular weight excluding hydrogens is 317 g/mol. The van der Waals surface area contributed by atoms with E-state index in [1.165, 1.54) is 12.1 Å². The molecular formula is C14H9ClFNO5. The first-order chi connectivity index (χ1) is 10.4. The van der Waals surface area contributed by atoms with Gasteiger partial charge in [-0.1, -0.05) is 11.6 Å². The van der Waals surface area contributed by atoms with Crippen molar-refractivity contribution in [1.29, 1.82) is 0 Å². The van der Waals surface area contributed by atoms with E-state index >= 15 is 0 Å². The lowest BCUT2D eigenvalue weighted by Gasteiger charge is -2.09. The van der Waals surface area contributed by atoms with Crippen molar-refractivity contribution in [3.05, 3.63) is 29.0 Å². The molecule has 2 heterocycles. The second kappa shape index (κ2) is 5.03. The Kier molecular flexibility index (Phi) is 3.29. The van der Waals surface area contributed by atoms with Crippen LogP contribution in [0.1, 0.15) is 12.8 Å². The van der Waals surface area contributed by atoms with E-state index in [2.05, 4.69) is 0 Å². The van der Waals surface area contributed by atoms with Gasteiger partial charge in [0.1, 0.15) is 5.82 Å². The summed E-state index contributed by atoms with van der Waals surface area (Å²) in [5.41, 5.74) is 0.185. The van der Waals surface area contributed by atoms with Crippen LogP contribution in [0, 0.1) is 5.82 Å². The minimum Gasteiger partial charge on any atom is -0.502 e. The Labute approximate surface area is 128 Å². The number of aromatic hydroxyl groups is 2. The molecule has 0 unspecified atom stereocenters. The van der Waals surface area contributed by atoms with Crippen molar-refractivity contribution in [3.63, 3.8) is 0 Å². The average Bonchev–Trinajstić information content (AvgIpc) is 2.95. The molecule has 22 heavy (non-hydrogen) atoms. The summed E-state index contributed by atoms with van der Waals surface area (Å²) in [5, 5.41) is 19.6. The van der Waals surface area contributed by atoms with Gasteiger partial charge < -0.3 is 14.6 Å². The molecule has 2 N–H and O–H groups in total. The van der Waals surface area contributed by atoms with Gasteiger partial charge in [0.05, 0.1) is 5.02 Å². The van der Waals surface area contributed by atoms with Gasteiger partial charge in [-0.25, -0.2) is 9.29 Å². The minimum atomic E-state index is -0.737. The number of nitrogens with zero attached hydrogens (tertiary/aromatic N) is 1. The largest absolute Gasteiger partial charge is 0.502 e. The molecule has 1 fully saturated rings. The van der Waals surface area contributed by atoms with Crippen LogP contribution in [0.3, 0.4) is 0 Å². The van der Waals surface area contributed by atoms with Crippen LogP contribution in [0.4, 0.5) is 10.3 Å². The second-order valence-electron chi connectivity index (χ2n) is 4.69. The fourth-order valence-electron chi connectivity index (χ4n) is 2.19. The van der Waals surface area contributed by atoms with Crippen LogP contribution in [-0.2, 0) is 9.59 Å². The van der Waals surface area contributed by atoms with Gasteiger partial charge in [0.2, 0.25) is 23.3 Å². The highest BCUT2D eigenvalue weighted by Gasteiger charge is 2.37. The molecule has 1 aliphatic rings. The van der Waals surface area contributed by atoms with Crippen LogP contribution >= 0.6 is 11.6 Å². The fourth-order valence-corrected chi connectivity index (χ4v) is 2.37. The lowest BCUT2D eigenvalue weighted by atomic mass is 10.1. The number of carbonyl (C=O) groups is 2. The number of carbonyl (C=O) groups excluding carboxylic acids is 2. The van der Waals surface area contributed by atoms with E-state index in [1.54, 1.807) is 0 Å². The number of amides is 2. The summed E-state index contributed by atoms with van der Waals surface area (Å²) in [6.07, 6.45) is -0.00507. The van der Waals surface area contributed by atoms with E-state index in [1.807, 2.05) is 0 Å². The van der Waals surface area contributed by atoms with E-state index in [0.29, 0.717) is 4.90 Å². The highest BCUT2D eigenvalue weighted by atomic mass is 35.5. The third kappa shape index (κ3) is 2.10. The molecule has 0 atom stereocenters. The Balaban J connectivity index is 2.11. The van der Waals surface area contributed by atoms with Gasteiger partial charge in [0.25, 0.3) is 5.88 Å². The third-order valence-electron chi connectivity index (χ3n) is 3.28. The first-order valence-corrected chi connectivity index (χ1v) is 6.64. The van der Waals surface area contributed by atoms with Gasteiger partial charge >= 0.3 is 0 Å². The minimum absolute atomic E-state index is 0.00253. The second-order valence-corrected chi connectivity index (χ2v) is 5.09. The Morgan fingerprint density at radius 1 is 1.14 bits per heavy atom. The van der Waals surface area contributed by atoms with E-state index < -0.39 is 35.0 Å². The summed E-state index contributed by atoms with van der Waals surface area (Å²) >= 11 is 5.66. The van der Waals surface area contributed by atoms with Gasteiger partial charge in [-0.15, -0.1) is 0 Å². The molecule has 1 aromatic heterocycles. The summed E-state index contributed by atoms with van der Waals surface area (Å²) in [6, 6.07) is 3.52. The lowest BCUT2D eigenvalue weighted by Crippen LogP contribution is -2.28. The van der Waals surface area contributed by atoms with Crippen molar-refractivity contribution in [2.24, 2.45) is 0 Å². The highest BCUT2D eigenvalue weighted by Crippen LogP contribution is 2.48. The number of hydrogen-bond donors (Lipinski definition) is 2. The Morgan fingerprint density at radius 2 is 1.77 bits per heavy atom. The monoisotopic (exact) mass is 325 g/mol. The predicted molar refractivity (Wildman–Crippen MR) is 74.2 cm³/mol. The van der Waals surface area contributed by atoms with E-state index in [4.69, 9.17) is 16.0 Å². The van der Waals surface area contributed by atoms with E-state index in [9.17, 15) is 24.2 Å². The Hall–Kier alpha value is -2.54. The van der Waals surface area contributed by atoms with Crippen LogP contribution in [0.15, 0.2) is 22.6 Å². The number of rotatable bonds is 2. The third-order valence-corrected chi connectivity index (χ3v) is 3.57. The lowest BCUT2D eigenvalue weighted by molar-refractivity contribution is -0.121. The quantitative estimate of drug-likeness (QED) is 0.828. The summed E-state index contributed by atoms with van der Waals surface area (Å²) in [4.78, 5) is 24.0. The molecule has 2 amide bonds. The highest BCUT2D eigenvalue weighted by molar-refractivity contribution is 6.31. The topological polar surface area (TPSA) is 91.0 Å². The van der Waals surface area contributed by atoms with Crippen LogP contribution in [0.25, 0.3) is 11.3 Å². The maximum atomic E-state index is 13.2. The van der Waals surface area contributed by atoms with Crippen molar-refractivity contribution < 1.29 is 28.6 Å². The zero-order valence-electron chi connectivity index (χ0n) is 11.0. The number of benzene rings is 1. The molecule has 0 radical (unpaired) electrons. The molecule has 114 valence electrons. The molecule has 6 nitrogen and oxygen atoms in total. The Bertz CT molecular complexity index is 785. The Morgan fingerprint density at radius 3 is 2.36 bits per heavy atom. The van der Waals surface area contributed by atoms with Crippen LogP contribution < -0.4 is 4.90 Å². The summed E-state index contributed by atoms with van der Waals surface area (Å²) < 4.78 is 18.4. The van der Waals surface area contributed by atoms with Gasteiger partial charge in [-0.3, -0.25) is 9.59 Å². The summed E-state index contributed by atoms with van der Waals surface area (Å²) in [5.74, 6) is -3.83. The molecule has 2 aromatic rings. The van der Waals surface area contributed by atoms with Crippen LogP contribution in [-0.4, -0.2) is 22.0 Å². The molecule has 0 bridgehead atoms. The van der Waals surface area contributed by atoms with Gasteiger partial charge in [0.15, 0.2) is 5.76 Å². The number of halogens is 2. The molecule has 1 aliphatic heterocycles. The first-order valence-electron chi connectivity index (χ1n) is 6.26. The van der Waals surface area contributed by atoms with E-state index in [0.717, 1.165) is 6.07 Å². The smallest absolute Gasteiger partial charge is 0.256 e. The average molecular weight is 326 g/mol. The van der Waals surface area contributed by atoms with Crippen LogP contribution in [0.2, 0.25) is 5.02 Å². The van der Waals surface area contributed by atoms with Crippen molar-refractivity contribution >= 4 is 29.3 Å². The van der Waals surface area contributed by atoms with Crippen LogP contribution in [0.5, 0.6) is 11.5 Å². The molecule has 8 heteroatoms. The van der Waals surface area contributed by atoms with Crippen molar-refractivity contribution in [3.8, 4) is 22.8 Å². The SMILES string of the molecule is O=C1CCC(=O)N1c1oc(-c2ccc(F)c(Cl)c2)c(O)c1O. The van der Waals surface area contributed by atoms with Crippen molar-refractivity contribution in [2.75, 3.05) is 4.90 Å². The zero-order valence-corrected chi connectivity index (χ0v) is 11.7. The molecule has 0 saturated carbocycles. The maximum absolute atomic E-state index is 13.2. The summed E-state index contributed by atoms with van der Waals surface area (Å²) in [6.45, 7) is 0. The fraction of sp³-hybridized carbons (Fsp3) is 0.143. The molecule has 3 rings (SSSR count). The summed E-state index contributed by atoms with van der Waals surface area (Å²) in [7, 11) is 0. The molecule has 0 aliphatic carbocycles. The van der Waals surface area contributed by atoms with E-state index in [-0.39, 0.29) is 29.2 Å². The van der Waals surface area contributed by atoms with Gasteiger partial charge in [-0.2, -0.15) is 0 Å². The van der Waals surface area contributed by atoms with Gasteiger partial charge in [-0.05, 0) is 18.2 Å². The van der Waals surface area contributed by atoms with Gasteiger partial charge in [0, 0.05) is 18.4 Å². The number of imide groups is 1.